The zero-order chi connectivity index (χ0) is 47.7. The number of unbranched alkanes of at least 4 members (excludes halogenated alkanes) is 29. The Morgan fingerprint density at radius 3 is 0.985 bits per heavy atom. The summed E-state index contributed by atoms with van der Waals surface area (Å²) in [5, 5.41) is 0. The minimum absolute atomic E-state index is 0.0226. The van der Waals surface area contributed by atoms with Gasteiger partial charge in [0.1, 0.15) is 6.10 Å². The van der Waals surface area contributed by atoms with Crippen molar-refractivity contribution in [2.45, 2.75) is 310 Å². The van der Waals surface area contributed by atoms with Crippen molar-refractivity contribution in [3.8, 4) is 0 Å². The lowest BCUT2D eigenvalue weighted by Crippen LogP contribution is -2.19. The molecule has 7 nitrogen and oxygen atoms in total. The molecule has 2 unspecified atom stereocenters. The summed E-state index contributed by atoms with van der Waals surface area (Å²) in [5.41, 5.74) is 0. The van der Waals surface area contributed by atoms with Gasteiger partial charge in [0.05, 0.1) is 25.0 Å². The monoisotopic (exact) mass is 920 g/mol. The van der Waals surface area contributed by atoms with Gasteiger partial charge in [0.25, 0.3) is 0 Å². The van der Waals surface area contributed by atoms with E-state index in [1.807, 2.05) is 0 Å². The van der Waals surface area contributed by atoms with Gasteiger partial charge in [-0.2, -0.15) is 0 Å². The topological polar surface area (TPSA) is 82.1 Å². The van der Waals surface area contributed by atoms with Crippen molar-refractivity contribution >= 4 is 17.9 Å². The van der Waals surface area contributed by atoms with Crippen LogP contribution in [0.25, 0.3) is 0 Å². The smallest absolute Gasteiger partial charge is 0.308 e. The normalized spacial score (nSPS) is 13.0. The molecule has 0 aliphatic rings. The van der Waals surface area contributed by atoms with E-state index in [1.54, 1.807) is 0 Å². The van der Waals surface area contributed by atoms with E-state index < -0.39 is 0 Å². The summed E-state index contributed by atoms with van der Waals surface area (Å²) in [6.07, 6.45) is 49.2. The minimum Gasteiger partial charge on any atom is -0.465 e. The standard InChI is InChI=1S/C58H113NO6/c1-7-11-15-19-27-35-45-53(43-33-17-13-9-3)57(61)63-51-41-31-25-21-23-29-37-47-55(65-56(60)49-39-40-50-59(5)6)48-38-30-24-22-26-32-42-52-64-58(62)54(44-34-18-14-10-4)46-36-28-20-16-12-8-2/h53-55H,7-52H2,1-6H3/t53-,54?,55?/m0/s1. The van der Waals surface area contributed by atoms with E-state index in [2.05, 4.69) is 46.7 Å². The molecule has 386 valence electrons. The zero-order valence-electron chi connectivity index (χ0n) is 44.7. The second-order valence-electron chi connectivity index (χ2n) is 20.4. The van der Waals surface area contributed by atoms with Gasteiger partial charge in [-0.25, -0.2) is 0 Å². The summed E-state index contributed by atoms with van der Waals surface area (Å²) < 4.78 is 17.7. The number of nitrogens with zero attached hydrogens (tertiary/aromatic N) is 1. The molecule has 0 aliphatic heterocycles. The van der Waals surface area contributed by atoms with E-state index in [9.17, 15) is 14.4 Å². The average Bonchev–Trinajstić information content (AvgIpc) is 3.29. The fourth-order valence-electron chi connectivity index (χ4n) is 9.24. The molecule has 0 rings (SSSR count). The van der Waals surface area contributed by atoms with E-state index >= 15 is 0 Å². The van der Waals surface area contributed by atoms with E-state index in [0.717, 1.165) is 122 Å². The summed E-state index contributed by atoms with van der Waals surface area (Å²) in [7, 11) is 4.16. The van der Waals surface area contributed by atoms with Crippen LogP contribution in [0.1, 0.15) is 304 Å². The van der Waals surface area contributed by atoms with Gasteiger partial charge in [0, 0.05) is 6.42 Å². The molecule has 0 saturated carbocycles. The fourth-order valence-corrected chi connectivity index (χ4v) is 9.24. The van der Waals surface area contributed by atoms with Crippen molar-refractivity contribution in [3.63, 3.8) is 0 Å². The number of hydrogen-bond acceptors (Lipinski definition) is 7. The first-order valence-corrected chi connectivity index (χ1v) is 29.0. The van der Waals surface area contributed by atoms with Crippen molar-refractivity contribution in [2.75, 3.05) is 33.9 Å². The molecule has 0 aromatic rings. The van der Waals surface area contributed by atoms with Crippen molar-refractivity contribution in [1.29, 1.82) is 0 Å². The van der Waals surface area contributed by atoms with Crippen LogP contribution in [0.3, 0.4) is 0 Å². The van der Waals surface area contributed by atoms with Crippen LogP contribution in [-0.4, -0.2) is 62.8 Å². The van der Waals surface area contributed by atoms with Crippen molar-refractivity contribution in [2.24, 2.45) is 11.8 Å². The zero-order valence-corrected chi connectivity index (χ0v) is 44.7. The number of carbonyl (C=O) groups is 3. The van der Waals surface area contributed by atoms with Crippen LogP contribution in [0.2, 0.25) is 0 Å². The first kappa shape index (κ1) is 63.4. The Morgan fingerprint density at radius 1 is 0.354 bits per heavy atom. The molecule has 7 heteroatoms. The molecule has 0 aromatic heterocycles. The van der Waals surface area contributed by atoms with Crippen LogP contribution >= 0.6 is 0 Å². The Morgan fingerprint density at radius 2 is 0.646 bits per heavy atom. The van der Waals surface area contributed by atoms with Crippen molar-refractivity contribution in [1.82, 2.24) is 4.90 Å². The summed E-state index contributed by atoms with van der Waals surface area (Å²) in [4.78, 5) is 41.0. The lowest BCUT2D eigenvalue weighted by Gasteiger charge is -2.18. The van der Waals surface area contributed by atoms with Crippen LogP contribution in [0, 0.1) is 11.8 Å². The van der Waals surface area contributed by atoms with E-state index in [0.29, 0.717) is 19.6 Å². The van der Waals surface area contributed by atoms with Gasteiger partial charge >= 0.3 is 17.9 Å². The molecule has 0 heterocycles. The van der Waals surface area contributed by atoms with Crippen LogP contribution in [0.4, 0.5) is 0 Å². The quantitative estimate of drug-likeness (QED) is 0.0341. The van der Waals surface area contributed by atoms with Crippen molar-refractivity contribution in [3.05, 3.63) is 0 Å². The lowest BCUT2D eigenvalue weighted by molar-refractivity contribution is -0.150. The first-order valence-electron chi connectivity index (χ1n) is 29.0. The van der Waals surface area contributed by atoms with Gasteiger partial charge in [0.15, 0.2) is 0 Å². The molecule has 0 aliphatic carbocycles. The van der Waals surface area contributed by atoms with Crippen LogP contribution in [-0.2, 0) is 28.6 Å². The average molecular weight is 921 g/mol. The molecule has 0 bridgehead atoms. The maximum Gasteiger partial charge on any atom is 0.308 e. The molecule has 0 radical (unpaired) electrons. The molecular formula is C58H113NO6. The molecule has 0 amide bonds. The highest BCUT2D eigenvalue weighted by Crippen LogP contribution is 2.23. The maximum absolute atomic E-state index is 13.0. The highest BCUT2D eigenvalue weighted by atomic mass is 16.5. The third kappa shape index (κ3) is 44.6. The van der Waals surface area contributed by atoms with Gasteiger partial charge in [-0.3, -0.25) is 14.4 Å². The highest BCUT2D eigenvalue weighted by Gasteiger charge is 2.21. The second-order valence-corrected chi connectivity index (χ2v) is 20.4. The molecule has 65 heavy (non-hydrogen) atoms. The molecule has 0 spiro atoms. The van der Waals surface area contributed by atoms with Crippen molar-refractivity contribution < 1.29 is 28.6 Å². The molecule has 0 N–H and O–H groups in total. The first-order chi connectivity index (χ1) is 31.8. The Hall–Kier alpha value is -1.63. The Kier molecular flexibility index (Phi) is 49.0. The van der Waals surface area contributed by atoms with Gasteiger partial charge in [-0.1, -0.05) is 220 Å². The Labute approximate surface area is 405 Å². The largest absolute Gasteiger partial charge is 0.465 e. The fraction of sp³-hybridized carbons (Fsp3) is 0.948. The Balaban J connectivity index is 4.45. The van der Waals surface area contributed by atoms with Crippen LogP contribution in [0.15, 0.2) is 0 Å². The van der Waals surface area contributed by atoms with E-state index in [4.69, 9.17) is 14.2 Å². The SMILES string of the molecule is CCCCCCCCC(CCCCCC)C(=O)OCCCCCCCCCC(CCCCCCCCCOC(=O)[C@@H](CCCCCC)CCCCCCCC)OC(=O)CCCCN(C)C. The number of rotatable bonds is 52. The Bertz CT molecular complexity index is 954. The number of esters is 3. The highest BCUT2D eigenvalue weighted by molar-refractivity contribution is 5.72. The van der Waals surface area contributed by atoms with Gasteiger partial charge in [-0.15, -0.1) is 0 Å². The van der Waals surface area contributed by atoms with Gasteiger partial charge < -0.3 is 19.1 Å². The summed E-state index contributed by atoms with van der Waals surface area (Å²) in [6, 6.07) is 0. The molecule has 3 atom stereocenters. The molecule has 0 aromatic carbocycles. The molecular weight excluding hydrogens is 807 g/mol. The second kappa shape index (κ2) is 50.3. The number of hydrogen-bond donors (Lipinski definition) is 0. The summed E-state index contributed by atoms with van der Waals surface area (Å²) >= 11 is 0. The number of ether oxygens (including phenoxy) is 3. The maximum atomic E-state index is 13.0. The third-order valence-electron chi connectivity index (χ3n) is 13.7. The van der Waals surface area contributed by atoms with E-state index in [1.165, 1.54) is 154 Å². The summed E-state index contributed by atoms with van der Waals surface area (Å²) in [5.74, 6) is 0.269. The van der Waals surface area contributed by atoms with Gasteiger partial charge in [0.2, 0.25) is 0 Å². The third-order valence-corrected chi connectivity index (χ3v) is 13.7. The predicted octanol–water partition coefficient (Wildman–Crippen LogP) is 17.6. The molecule has 0 fully saturated rings. The van der Waals surface area contributed by atoms with Crippen LogP contribution in [0.5, 0.6) is 0 Å². The minimum atomic E-state index is -0.0226. The van der Waals surface area contributed by atoms with E-state index in [-0.39, 0.29) is 35.8 Å². The molecule has 0 saturated heterocycles. The summed E-state index contributed by atoms with van der Waals surface area (Å²) in [6.45, 7) is 11.1. The van der Waals surface area contributed by atoms with Gasteiger partial charge in [-0.05, 0) is 97.7 Å². The predicted molar refractivity (Wildman–Crippen MR) is 279 cm³/mol. The van der Waals surface area contributed by atoms with Crippen LogP contribution < -0.4 is 0 Å². The number of carbonyl (C=O) groups excluding carboxylic acids is 3. The lowest BCUT2D eigenvalue weighted by atomic mass is 9.94.